The summed E-state index contributed by atoms with van der Waals surface area (Å²) in [6.45, 7) is 0. The maximum Gasteiger partial charge on any atom is 0.0711 e. The fourth-order valence-corrected chi connectivity index (χ4v) is 24.6. The van der Waals surface area contributed by atoms with Crippen molar-refractivity contribution in [2.75, 3.05) is 0 Å². The third-order valence-electron chi connectivity index (χ3n) is 14.6. The minimum absolute atomic E-state index is 1.19. The SMILES string of the molecule is c1ccc(-n2c3cc(-c4ccc5c(c4)-c4ccccc4[Si-]5(c4ccccc4)c4ccccc4)sc3c3sc(-c4ccc5c(c4)-c4ccccc4[Si-]5(c4ccccc4)c4ccccc4)cc32)cc1. The van der Waals surface area contributed by atoms with Crippen LogP contribution < -0.4 is 41.5 Å². The molecule has 0 amide bonds. The molecule has 0 fully saturated rings. The summed E-state index contributed by atoms with van der Waals surface area (Å²) < 4.78 is 5.19. The lowest BCUT2D eigenvalue weighted by Crippen LogP contribution is -2.72. The van der Waals surface area contributed by atoms with E-state index in [1.54, 1.807) is 0 Å². The second-order valence-corrected chi connectivity index (χ2v) is 27.5. The molecule has 0 saturated heterocycles. The van der Waals surface area contributed by atoms with Crippen molar-refractivity contribution in [3.63, 3.8) is 0 Å². The summed E-state index contributed by atoms with van der Waals surface area (Å²) >= 11 is 3.87. The van der Waals surface area contributed by atoms with Crippen LogP contribution in [-0.2, 0) is 0 Å². The predicted molar refractivity (Wildman–Crippen MR) is 293 cm³/mol. The van der Waals surface area contributed by atoms with Crippen LogP contribution in [0.25, 0.3) is 69.3 Å². The van der Waals surface area contributed by atoms with Crippen LogP contribution in [0, 0.1) is 0 Å². The van der Waals surface area contributed by atoms with E-state index in [4.69, 9.17) is 0 Å². The maximum absolute atomic E-state index is 2.55. The van der Waals surface area contributed by atoms with Crippen LogP contribution in [0.1, 0.15) is 0 Å². The first kappa shape index (κ1) is 38.8. The topological polar surface area (TPSA) is 4.93 Å². The molecule has 2 aliphatic heterocycles. The molecule has 14 rings (SSSR count). The Morgan fingerprint density at radius 2 is 0.612 bits per heavy atom. The van der Waals surface area contributed by atoms with Crippen LogP contribution in [0.4, 0.5) is 0 Å². The van der Waals surface area contributed by atoms with E-state index < -0.39 is 16.1 Å². The molecule has 0 radical (unpaired) electrons. The molecule has 0 saturated carbocycles. The van der Waals surface area contributed by atoms with Crippen LogP contribution in [-0.4, -0.2) is 20.7 Å². The zero-order chi connectivity index (χ0) is 44.1. The molecule has 1 nitrogen and oxygen atoms in total. The van der Waals surface area contributed by atoms with Crippen molar-refractivity contribution >= 4 is 101 Å². The van der Waals surface area contributed by atoms with Crippen molar-refractivity contribution in [3.8, 4) is 48.8 Å². The zero-order valence-corrected chi connectivity index (χ0v) is 40.1. The second-order valence-electron chi connectivity index (χ2n) is 17.9. The Labute approximate surface area is 400 Å². The first-order chi connectivity index (χ1) is 33.2. The number of aromatic nitrogens is 1. The Morgan fingerprint density at radius 3 is 1.00 bits per heavy atom. The Morgan fingerprint density at radius 1 is 0.284 bits per heavy atom. The third kappa shape index (κ3) is 5.51. The summed E-state index contributed by atoms with van der Waals surface area (Å²) in [5, 5.41) is 11.6. The molecule has 0 spiro atoms. The standard InChI is InChI=1S/C62H41NS2Si2/c1-6-20-44(21-7-1)63-53-40-55(42-34-36-59-51(38-42)49-30-16-18-32-57(49)66(59,45-22-8-2-9-23-45)46-24-10-3-11-25-46)64-61(53)62-54(63)41-56(65-62)43-35-37-60-52(39-43)50-31-17-19-33-58(50)67(60,47-26-12-4-13-27-47)48-28-14-5-15-29-48/h1-41H/q-2. The fraction of sp³-hybridized carbons (Fsp3) is 0. The van der Waals surface area contributed by atoms with Gasteiger partial charge >= 0.3 is 0 Å². The average Bonchev–Trinajstić information content (AvgIpc) is 4.21. The Kier molecular flexibility index (Phi) is 8.74. The molecule has 5 heterocycles. The second kappa shape index (κ2) is 15.1. The lowest BCUT2D eigenvalue weighted by molar-refractivity contribution is 1.19. The molecule has 2 aliphatic rings. The number of nitrogens with zero attached hydrogens (tertiary/aromatic N) is 1. The molecular formula is C62H41NS2Si2-2. The van der Waals surface area contributed by atoms with Gasteiger partial charge in [0.2, 0.25) is 0 Å². The zero-order valence-electron chi connectivity index (χ0n) is 36.4. The van der Waals surface area contributed by atoms with Gasteiger partial charge in [0.05, 0.1) is 20.4 Å². The average molecular weight is 920 g/mol. The van der Waals surface area contributed by atoms with Crippen molar-refractivity contribution < 1.29 is 0 Å². The number of thiophene rings is 2. The number of rotatable bonds is 7. The summed E-state index contributed by atoms with van der Waals surface area (Å²) in [5.74, 6) is 0. The number of benzene rings is 9. The van der Waals surface area contributed by atoms with Crippen LogP contribution in [0.2, 0.25) is 0 Å². The predicted octanol–water partition coefficient (Wildman–Crippen LogP) is 11.0. The lowest BCUT2D eigenvalue weighted by Gasteiger charge is -2.44. The largest absolute Gasteiger partial charge is 0.307 e. The van der Waals surface area contributed by atoms with Gasteiger partial charge in [0.1, 0.15) is 0 Å². The van der Waals surface area contributed by atoms with E-state index in [2.05, 4.69) is 253 Å². The van der Waals surface area contributed by atoms with Gasteiger partial charge in [0.15, 0.2) is 0 Å². The first-order valence-corrected chi connectivity index (χ1v) is 28.7. The van der Waals surface area contributed by atoms with Gasteiger partial charge in [-0.1, -0.05) is 235 Å². The number of fused-ring (bicyclic) bond motifs is 9. The molecule has 0 bridgehead atoms. The third-order valence-corrected chi connectivity index (χ3v) is 26.9. The van der Waals surface area contributed by atoms with Gasteiger partial charge in [0.25, 0.3) is 0 Å². The van der Waals surface area contributed by atoms with Crippen molar-refractivity contribution in [2.24, 2.45) is 0 Å². The number of hydrogen-bond acceptors (Lipinski definition) is 2. The van der Waals surface area contributed by atoms with Crippen molar-refractivity contribution in [2.45, 2.75) is 0 Å². The molecule has 0 unspecified atom stereocenters. The fourth-order valence-electron chi connectivity index (χ4n) is 11.9. The molecule has 3 aromatic heterocycles. The Hall–Kier alpha value is -7.39. The van der Waals surface area contributed by atoms with Crippen LogP contribution in [0.15, 0.2) is 249 Å². The summed E-state index contributed by atoms with van der Waals surface area (Å²) in [4.78, 5) is 2.59. The summed E-state index contributed by atoms with van der Waals surface area (Å²) in [6, 6.07) is 94.2. The van der Waals surface area contributed by atoms with Gasteiger partial charge in [-0.3, -0.25) is 0 Å². The van der Waals surface area contributed by atoms with E-state index in [0.29, 0.717) is 0 Å². The molecule has 0 N–H and O–H groups in total. The molecule has 316 valence electrons. The van der Waals surface area contributed by atoms with Crippen molar-refractivity contribution in [1.82, 2.24) is 4.57 Å². The van der Waals surface area contributed by atoms with Crippen LogP contribution in [0.5, 0.6) is 0 Å². The van der Waals surface area contributed by atoms with Gasteiger partial charge in [0, 0.05) is 15.4 Å². The van der Waals surface area contributed by atoms with Crippen molar-refractivity contribution in [3.05, 3.63) is 249 Å². The lowest BCUT2D eigenvalue weighted by atomic mass is 10.0. The van der Waals surface area contributed by atoms with Crippen LogP contribution >= 0.6 is 22.7 Å². The van der Waals surface area contributed by atoms with Gasteiger partial charge < -0.3 is 4.57 Å². The molecule has 0 aliphatic carbocycles. The summed E-state index contributed by atoms with van der Waals surface area (Å²) in [5.41, 5.74) is 11.7. The molecular weight excluding hydrogens is 879 g/mol. The summed E-state index contributed by atoms with van der Waals surface area (Å²) in [6.07, 6.45) is 0. The van der Waals surface area contributed by atoms with E-state index in [0.717, 1.165) is 0 Å². The van der Waals surface area contributed by atoms with E-state index >= 15 is 0 Å². The smallest absolute Gasteiger partial charge is 0.0711 e. The highest BCUT2D eigenvalue weighted by molar-refractivity contribution is 7.30. The van der Waals surface area contributed by atoms with E-state index in [1.165, 1.54) is 111 Å². The van der Waals surface area contributed by atoms with Crippen LogP contribution in [0.3, 0.4) is 0 Å². The summed E-state index contributed by atoms with van der Waals surface area (Å²) in [7, 11) is -5.11. The normalized spacial score (nSPS) is 13.9. The first-order valence-electron chi connectivity index (χ1n) is 23.1. The Balaban J connectivity index is 0.938. The van der Waals surface area contributed by atoms with E-state index in [9.17, 15) is 0 Å². The minimum Gasteiger partial charge on any atom is -0.307 e. The van der Waals surface area contributed by atoms with Gasteiger partial charge in [-0.05, 0) is 63.7 Å². The Bertz CT molecular complexity index is 3540. The van der Waals surface area contributed by atoms with Crippen molar-refractivity contribution in [1.29, 1.82) is 0 Å². The number of hydrogen-bond donors (Lipinski definition) is 0. The van der Waals surface area contributed by atoms with Gasteiger partial charge in [-0.15, -0.1) is 22.7 Å². The number of para-hydroxylation sites is 1. The highest BCUT2D eigenvalue weighted by atomic mass is 32.1. The maximum atomic E-state index is 2.50. The molecule has 12 aromatic rings. The van der Waals surface area contributed by atoms with Gasteiger partial charge in [-0.25, -0.2) is 0 Å². The van der Waals surface area contributed by atoms with Gasteiger partial charge in [-0.2, -0.15) is 41.5 Å². The molecule has 67 heavy (non-hydrogen) atoms. The van der Waals surface area contributed by atoms with E-state index in [-0.39, 0.29) is 0 Å². The highest BCUT2D eigenvalue weighted by Gasteiger charge is 2.38. The quantitative estimate of drug-likeness (QED) is 0.140. The molecule has 0 atom stereocenters. The van der Waals surface area contributed by atoms with E-state index in [1.807, 2.05) is 22.7 Å². The molecule has 9 aromatic carbocycles. The minimum atomic E-state index is -2.55. The molecule has 5 heteroatoms. The monoisotopic (exact) mass is 919 g/mol. The highest BCUT2D eigenvalue weighted by Crippen LogP contribution is 2.47.